The molecule has 3 aliphatic rings. The molecule has 2 aliphatic carbocycles. The Kier molecular flexibility index (Phi) is 3.52. The molecule has 4 rings (SSSR count). The number of imide groups is 1. The lowest BCUT2D eigenvalue weighted by Crippen LogP contribution is -2.39. The number of allylic oxidation sites excluding steroid dienone is 2. The summed E-state index contributed by atoms with van der Waals surface area (Å²) in [4.78, 5) is 38.7. The van der Waals surface area contributed by atoms with Crippen molar-refractivity contribution in [2.45, 2.75) is 19.8 Å². The highest BCUT2D eigenvalue weighted by molar-refractivity contribution is 6.09. The van der Waals surface area contributed by atoms with Gasteiger partial charge in [-0.1, -0.05) is 37.3 Å². The van der Waals surface area contributed by atoms with Crippen molar-refractivity contribution in [2.24, 2.45) is 23.7 Å². The van der Waals surface area contributed by atoms with Gasteiger partial charge in [0.05, 0.1) is 11.8 Å². The quantitative estimate of drug-likeness (QED) is 0.680. The fourth-order valence-electron chi connectivity index (χ4n) is 4.40. The summed E-state index contributed by atoms with van der Waals surface area (Å²) < 4.78 is 0. The average molecular weight is 324 g/mol. The van der Waals surface area contributed by atoms with Crippen LogP contribution in [0.2, 0.25) is 0 Å². The number of hydrogen-bond donors (Lipinski definition) is 1. The zero-order chi connectivity index (χ0) is 16.8. The van der Waals surface area contributed by atoms with E-state index >= 15 is 0 Å². The predicted molar refractivity (Wildman–Crippen MR) is 88.9 cm³/mol. The molecule has 5 heteroatoms. The van der Waals surface area contributed by atoms with Crippen LogP contribution in [0, 0.1) is 23.7 Å². The van der Waals surface area contributed by atoms with E-state index < -0.39 is 0 Å². The lowest BCUT2D eigenvalue weighted by Gasteiger charge is -2.17. The Labute approximate surface area is 140 Å². The van der Waals surface area contributed by atoms with Crippen LogP contribution in [0.25, 0.3) is 0 Å². The Morgan fingerprint density at radius 2 is 1.75 bits per heavy atom. The largest absolute Gasteiger partial charge is 0.324 e. The first kappa shape index (κ1) is 15.1. The second kappa shape index (κ2) is 5.58. The topological polar surface area (TPSA) is 66.5 Å². The maximum absolute atomic E-state index is 12.6. The van der Waals surface area contributed by atoms with Crippen molar-refractivity contribution in [3.63, 3.8) is 0 Å². The van der Waals surface area contributed by atoms with Crippen LogP contribution in [-0.4, -0.2) is 29.2 Å². The Balaban J connectivity index is 1.47. The number of nitrogens with zero attached hydrogens (tertiary/aromatic N) is 1. The molecule has 1 saturated heterocycles. The van der Waals surface area contributed by atoms with Gasteiger partial charge in [-0.15, -0.1) is 0 Å². The van der Waals surface area contributed by atoms with E-state index in [4.69, 9.17) is 0 Å². The summed E-state index contributed by atoms with van der Waals surface area (Å²) >= 11 is 0. The van der Waals surface area contributed by atoms with Gasteiger partial charge in [0.25, 0.3) is 0 Å². The van der Waals surface area contributed by atoms with Gasteiger partial charge in [-0.2, -0.15) is 0 Å². The van der Waals surface area contributed by atoms with Crippen molar-refractivity contribution in [2.75, 3.05) is 11.9 Å². The number of anilines is 1. The summed E-state index contributed by atoms with van der Waals surface area (Å²) in [5.74, 6) is -0.832. The third kappa shape index (κ3) is 2.19. The van der Waals surface area contributed by atoms with Crippen LogP contribution in [0.15, 0.2) is 36.4 Å². The maximum Gasteiger partial charge on any atom is 0.244 e. The Morgan fingerprint density at radius 3 is 2.38 bits per heavy atom. The summed E-state index contributed by atoms with van der Waals surface area (Å²) in [6.07, 6.45) is 5.81. The molecule has 1 heterocycles. The molecule has 124 valence electrons. The maximum atomic E-state index is 12.6. The highest BCUT2D eigenvalue weighted by atomic mass is 16.2. The molecule has 0 radical (unpaired) electrons. The lowest BCUT2D eigenvalue weighted by molar-refractivity contribution is -0.143. The number of carbonyl (C=O) groups is 3. The van der Waals surface area contributed by atoms with Crippen LogP contribution in [0.4, 0.5) is 5.69 Å². The van der Waals surface area contributed by atoms with E-state index in [0.29, 0.717) is 0 Å². The van der Waals surface area contributed by atoms with Gasteiger partial charge < -0.3 is 5.32 Å². The van der Waals surface area contributed by atoms with E-state index in [9.17, 15) is 14.4 Å². The van der Waals surface area contributed by atoms with E-state index in [1.807, 2.05) is 31.2 Å². The summed E-state index contributed by atoms with van der Waals surface area (Å²) in [5, 5.41) is 2.83. The third-order valence-electron chi connectivity index (χ3n) is 5.54. The molecule has 1 N–H and O–H groups in total. The number of amides is 3. The minimum atomic E-state index is -0.321. The van der Waals surface area contributed by atoms with Gasteiger partial charge in [0.2, 0.25) is 17.7 Å². The molecule has 0 aromatic heterocycles. The van der Waals surface area contributed by atoms with Crippen molar-refractivity contribution in [1.82, 2.24) is 4.90 Å². The summed E-state index contributed by atoms with van der Waals surface area (Å²) in [6, 6.07) is 7.57. The van der Waals surface area contributed by atoms with Crippen molar-refractivity contribution >= 4 is 23.4 Å². The van der Waals surface area contributed by atoms with Crippen molar-refractivity contribution in [1.29, 1.82) is 0 Å². The zero-order valence-electron chi connectivity index (χ0n) is 13.6. The Morgan fingerprint density at radius 1 is 1.12 bits per heavy atom. The van der Waals surface area contributed by atoms with Gasteiger partial charge in [0, 0.05) is 5.69 Å². The standard InChI is InChI=1S/C19H20N2O3/c1-2-11-5-3-4-6-14(11)20-15(22)10-21-18(23)16-12-7-8-13(9-12)17(16)19(21)24/h3-8,12-13,16-17H,2,9-10H2,1H3,(H,20,22)/t12-,13-,16+,17+/m1/s1. The molecule has 5 nitrogen and oxygen atoms in total. The van der Waals surface area contributed by atoms with Crippen molar-refractivity contribution in [3.8, 4) is 0 Å². The molecule has 3 amide bonds. The highest BCUT2D eigenvalue weighted by Crippen LogP contribution is 2.52. The number of rotatable bonds is 4. The van der Waals surface area contributed by atoms with Crippen LogP contribution in [0.3, 0.4) is 0 Å². The van der Waals surface area contributed by atoms with Gasteiger partial charge in [0.15, 0.2) is 0 Å². The molecule has 1 aromatic rings. The van der Waals surface area contributed by atoms with Gasteiger partial charge in [-0.3, -0.25) is 19.3 Å². The SMILES string of the molecule is CCc1ccccc1NC(=O)CN1C(=O)[C@@H]2[C@@H](C1=O)[C@@H]1C=C[C@@H]2C1. The normalized spacial score (nSPS) is 30.1. The smallest absolute Gasteiger partial charge is 0.244 e. The highest BCUT2D eigenvalue weighted by Gasteiger charge is 2.59. The van der Waals surface area contributed by atoms with Crippen LogP contribution in [-0.2, 0) is 20.8 Å². The molecule has 4 atom stereocenters. The second-order valence-electron chi connectivity index (χ2n) is 6.82. The molecule has 2 bridgehead atoms. The van der Waals surface area contributed by atoms with E-state index in [-0.39, 0.29) is 47.9 Å². The summed E-state index contributed by atoms with van der Waals surface area (Å²) in [5.41, 5.74) is 1.77. The molecule has 0 unspecified atom stereocenters. The molecule has 0 spiro atoms. The van der Waals surface area contributed by atoms with E-state index in [1.165, 1.54) is 0 Å². The predicted octanol–water partition coefficient (Wildman–Crippen LogP) is 1.99. The van der Waals surface area contributed by atoms with E-state index in [1.54, 1.807) is 0 Å². The van der Waals surface area contributed by atoms with Gasteiger partial charge >= 0.3 is 0 Å². The molecule has 24 heavy (non-hydrogen) atoms. The fraction of sp³-hybridized carbons (Fsp3) is 0.421. The average Bonchev–Trinajstić information content (AvgIpc) is 3.25. The van der Waals surface area contributed by atoms with E-state index in [2.05, 4.69) is 17.5 Å². The summed E-state index contributed by atoms with van der Waals surface area (Å²) in [6.45, 7) is 1.82. The van der Waals surface area contributed by atoms with E-state index in [0.717, 1.165) is 29.0 Å². The van der Waals surface area contributed by atoms with Crippen LogP contribution >= 0.6 is 0 Å². The molecule has 1 aromatic carbocycles. The van der Waals surface area contributed by atoms with Crippen LogP contribution in [0.5, 0.6) is 0 Å². The second-order valence-corrected chi connectivity index (χ2v) is 6.82. The fourth-order valence-corrected chi connectivity index (χ4v) is 4.40. The third-order valence-corrected chi connectivity index (χ3v) is 5.54. The van der Waals surface area contributed by atoms with Crippen LogP contribution < -0.4 is 5.32 Å². The van der Waals surface area contributed by atoms with Gasteiger partial charge in [-0.25, -0.2) is 0 Å². The first-order valence-corrected chi connectivity index (χ1v) is 8.51. The number of fused-ring (bicyclic) bond motifs is 5. The molecular weight excluding hydrogens is 304 g/mol. The zero-order valence-corrected chi connectivity index (χ0v) is 13.6. The molecule has 2 fully saturated rings. The first-order chi connectivity index (χ1) is 11.6. The van der Waals surface area contributed by atoms with Crippen molar-refractivity contribution < 1.29 is 14.4 Å². The monoisotopic (exact) mass is 324 g/mol. The Hall–Kier alpha value is -2.43. The molecular formula is C19H20N2O3. The number of nitrogens with one attached hydrogen (secondary N) is 1. The lowest BCUT2D eigenvalue weighted by atomic mass is 9.85. The van der Waals surface area contributed by atoms with Gasteiger partial charge in [0.1, 0.15) is 6.54 Å². The van der Waals surface area contributed by atoms with Crippen molar-refractivity contribution in [3.05, 3.63) is 42.0 Å². The first-order valence-electron chi connectivity index (χ1n) is 8.51. The number of aryl methyl sites for hydroxylation is 1. The minimum Gasteiger partial charge on any atom is -0.324 e. The van der Waals surface area contributed by atoms with Gasteiger partial charge in [-0.05, 0) is 36.3 Å². The molecule has 1 aliphatic heterocycles. The number of hydrogen-bond acceptors (Lipinski definition) is 3. The number of benzene rings is 1. The minimum absolute atomic E-state index is 0.172. The number of para-hydroxylation sites is 1. The molecule has 1 saturated carbocycles. The number of likely N-dealkylation sites (tertiary alicyclic amines) is 1. The Bertz CT molecular complexity index is 725. The van der Waals surface area contributed by atoms with Crippen LogP contribution in [0.1, 0.15) is 18.9 Å². The summed E-state index contributed by atoms with van der Waals surface area (Å²) in [7, 11) is 0. The number of carbonyl (C=O) groups excluding carboxylic acids is 3.